The van der Waals surface area contributed by atoms with Crippen molar-refractivity contribution < 1.29 is 9.18 Å². The summed E-state index contributed by atoms with van der Waals surface area (Å²) in [7, 11) is 0. The standard InChI is InChI=1S/C18H14BrFN2O/c1-2-9-22(12-14-5-3-13(11-21)4-6-14)18(23)16-8-7-15(20)10-17(16)19/h2-8,10H,1,9,12H2. The van der Waals surface area contributed by atoms with Gasteiger partial charge in [0, 0.05) is 17.6 Å². The van der Waals surface area contributed by atoms with E-state index < -0.39 is 5.82 Å². The van der Waals surface area contributed by atoms with Crippen molar-refractivity contribution in [2.75, 3.05) is 6.54 Å². The molecule has 0 saturated heterocycles. The van der Waals surface area contributed by atoms with Gasteiger partial charge in [0.2, 0.25) is 0 Å². The first-order valence-electron chi connectivity index (χ1n) is 6.89. The van der Waals surface area contributed by atoms with Crippen molar-refractivity contribution >= 4 is 21.8 Å². The quantitative estimate of drug-likeness (QED) is 0.734. The molecular weight excluding hydrogens is 359 g/mol. The van der Waals surface area contributed by atoms with Crippen molar-refractivity contribution in [1.82, 2.24) is 4.90 Å². The molecule has 0 unspecified atom stereocenters. The minimum Gasteiger partial charge on any atom is -0.331 e. The minimum atomic E-state index is -0.407. The van der Waals surface area contributed by atoms with Gasteiger partial charge in [0.25, 0.3) is 5.91 Å². The van der Waals surface area contributed by atoms with Crippen LogP contribution >= 0.6 is 15.9 Å². The second-order valence-electron chi connectivity index (χ2n) is 4.91. The van der Waals surface area contributed by atoms with E-state index in [4.69, 9.17) is 5.26 Å². The molecule has 0 aliphatic heterocycles. The number of halogens is 2. The number of nitriles is 1. The summed E-state index contributed by atoms with van der Waals surface area (Å²) < 4.78 is 13.6. The smallest absolute Gasteiger partial charge is 0.255 e. The molecule has 116 valence electrons. The predicted molar refractivity (Wildman–Crippen MR) is 90.2 cm³/mol. The zero-order valence-electron chi connectivity index (χ0n) is 12.3. The van der Waals surface area contributed by atoms with Crippen molar-refractivity contribution in [2.24, 2.45) is 0 Å². The van der Waals surface area contributed by atoms with E-state index in [0.717, 1.165) is 5.56 Å². The number of rotatable bonds is 5. The molecule has 0 aliphatic carbocycles. The summed E-state index contributed by atoms with van der Waals surface area (Å²) in [5, 5.41) is 8.82. The zero-order valence-corrected chi connectivity index (χ0v) is 13.9. The first-order chi connectivity index (χ1) is 11.0. The van der Waals surface area contributed by atoms with Crippen molar-refractivity contribution in [3.05, 3.63) is 82.1 Å². The van der Waals surface area contributed by atoms with Crippen LogP contribution in [0.5, 0.6) is 0 Å². The maximum Gasteiger partial charge on any atom is 0.255 e. The van der Waals surface area contributed by atoms with Gasteiger partial charge >= 0.3 is 0 Å². The van der Waals surface area contributed by atoms with Crippen LogP contribution in [0.3, 0.4) is 0 Å². The third-order valence-electron chi connectivity index (χ3n) is 3.25. The average Bonchev–Trinajstić information content (AvgIpc) is 2.54. The minimum absolute atomic E-state index is 0.221. The molecule has 0 atom stereocenters. The summed E-state index contributed by atoms with van der Waals surface area (Å²) in [6.07, 6.45) is 1.64. The second kappa shape index (κ2) is 7.70. The third kappa shape index (κ3) is 4.27. The van der Waals surface area contributed by atoms with Gasteiger partial charge in [-0.2, -0.15) is 5.26 Å². The van der Waals surface area contributed by atoms with Gasteiger partial charge in [-0.15, -0.1) is 6.58 Å². The molecular formula is C18H14BrFN2O. The highest BCUT2D eigenvalue weighted by atomic mass is 79.9. The number of hydrogen-bond donors (Lipinski definition) is 0. The number of carbonyl (C=O) groups is 1. The molecule has 0 saturated carbocycles. The lowest BCUT2D eigenvalue weighted by Gasteiger charge is -2.22. The lowest BCUT2D eigenvalue weighted by molar-refractivity contribution is 0.0761. The van der Waals surface area contributed by atoms with Crippen LogP contribution in [-0.4, -0.2) is 17.4 Å². The van der Waals surface area contributed by atoms with E-state index in [1.165, 1.54) is 18.2 Å². The topological polar surface area (TPSA) is 44.1 Å². The molecule has 0 spiro atoms. The van der Waals surface area contributed by atoms with Crippen molar-refractivity contribution in [2.45, 2.75) is 6.54 Å². The van der Waals surface area contributed by atoms with Gasteiger partial charge in [0.15, 0.2) is 0 Å². The highest BCUT2D eigenvalue weighted by Gasteiger charge is 2.18. The average molecular weight is 373 g/mol. The Kier molecular flexibility index (Phi) is 5.67. The zero-order chi connectivity index (χ0) is 16.8. The van der Waals surface area contributed by atoms with E-state index in [0.29, 0.717) is 28.7 Å². The Labute approximate surface area is 142 Å². The van der Waals surface area contributed by atoms with Gasteiger partial charge in [0.1, 0.15) is 5.82 Å². The van der Waals surface area contributed by atoms with E-state index in [2.05, 4.69) is 28.6 Å². The normalized spacial score (nSPS) is 9.96. The van der Waals surface area contributed by atoms with E-state index in [1.54, 1.807) is 23.1 Å². The van der Waals surface area contributed by atoms with Crippen molar-refractivity contribution in [3.63, 3.8) is 0 Å². The van der Waals surface area contributed by atoms with Crippen LogP contribution in [0.2, 0.25) is 0 Å². The van der Waals surface area contributed by atoms with E-state index >= 15 is 0 Å². The molecule has 0 radical (unpaired) electrons. The van der Waals surface area contributed by atoms with Gasteiger partial charge in [-0.05, 0) is 51.8 Å². The monoisotopic (exact) mass is 372 g/mol. The van der Waals surface area contributed by atoms with Gasteiger partial charge in [-0.25, -0.2) is 4.39 Å². The highest BCUT2D eigenvalue weighted by molar-refractivity contribution is 9.10. The fourth-order valence-electron chi connectivity index (χ4n) is 2.11. The predicted octanol–water partition coefficient (Wildman–Crippen LogP) is 4.29. The maximum atomic E-state index is 13.2. The second-order valence-corrected chi connectivity index (χ2v) is 5.76. The number of nitrogens with zero attached hydrogens (tertiary/aromatic N) is 2. The Balaban J connectivity index is 2.24. The molecule has 0 aliphatic rings. The number of benzene rings is 2. The summed E-state index contributed by atoms with van der Waals surface area (Å²) in [6, 6.07) is 13.1. The maximum absolute atomic E-state index is 13.2. The molecule has 0 heterocycles. The van der Waals surface area contributed by atoms with Crippen LogP contribution in [0.1, 0.15) is 21.5 Å². The van der Waals surface area contributed by atoms with Gasteiger partial charge in [0.05, 0.1) is 17.2 Å². The Bertz CT molecular complexity index is 766. The van der Waals surface area contributed by atoms with Crippen LogP contribution in [0.25, 0.3) is 0 Å². The van der Waals surface area contributed by atoms with Gasteiger partial charge in [-0.1, -0.05) is 18.2 Å². The fraction of sp³-hybridized carbons (Fsp3) is 0.111. The van der Waals surface area contributed by atoms with Crippen LogP contribution < -0.4 is 0 Å². The Hall–Kier alpha value is -2.45. The SMILES string of the molecule is C=CCN(Cc1ccc(C#N)cc1)C(=O)c1ccc(F)cc1Br. The number of carbonyl (C=O) groups excluding carboxylic acids is 1. The van der Waals surface area contributed by atoms with Crippen molar-refractivity contribution in [3.8, 4) is 6.07 Å². The molecule has 5 heteroatoms. The Morgan fingerprint density at radius 1 is 1.30 bits per heavy atom. The summed E-state index contributed by atoms with van der Waals surface area (Å²) in [5.74, 6) is -0.628. The van der Waals surface area contributed by atoms with E-state index in [-0.39, 0.29) is 5.91 Å². The Morgan fingerprint density at radius 2 is 2.00 bits per heavy atom. The van der Waals surface area contributed by atoms with E-state index in [9.17, 15) is 9.18 Å². The van der Waals surface area contributed by atoms with Crippen LogP contribution in [0.15, 0.2) is 59.6 Å². The highest BCUT2D eigenvalue weighted by Crippen LogP contribution is 2.21. The van der Waals surface area contributed by atoms with Gasteiger partial charge in [-0.3, -0.25) is 4.79 Å². The van der Waals surface area contributed by atoms with Gasteiger partial charge < -0.3 is 4.90 Å². The summed E-state index contributed by atoms with van der Waals surface area (Å²) in [5.41, 5.74) is 1.86. The molecule has 0 bridgehead atoms. The van der Waals surface area contributed by atoms with Crippen LogP contribution in [-0.2, 0) is 6.54 Å². The van der Waals surface area contributed by atoms with Crippen LogP contribution in [0, 0.1) is 17.1 Å². The van der Waals surface area contributed by atoms with Crippen LogP contribution in [0.4, 0.5) is 4.39 Å². The number of hydrogen-bond acceptors (Lipinski definition) is 2. The molecule has 23 heavy (non-hydrogen) atoms. The molecule has 2 rings (SSSR count). The molecule has 2 aromatic rings. The molecule has 0 aromatic heterocycles. The third-order valence-corrected chi connectivity index (χ3v) is 3.91. The van der Waals surface area contributed by atoms with Crippen molar-refractivity contribution in [1.29, 1.82) is 5.26 Å². The molecule has 0 fully saturated rings. The Morgan fingerprint density at radius 3 is 2.57 bits per heavy atom. The lowest BCUT2D eigenvalue weighted by Crippen LogP contribution is -2.31. The summed E-state index contributed by atoms with van der Waals surface area (Å²) in [4.78, 5) is 14.3. The molecule has 2 aromatic carbocycles. The van der Waals surface area contributed by atoms with E-state index in [1.807, 2.05) is 12.1 Å². The summed E-state index contributed by atoms with van der Waals surface area (Å²) in [6.45, 7) is 4.41. The first-order valence-corrected chi connectivity index (χ1v) is 7.68. The molecule has 1 amide bonds. The fourth-order valence-corrected chi connectivity index (χ4v) is 2.63. The summed E-state index contributed by atoms with van der Waals surface area (Å²) >= 11 is 3.22. The first kappa shape index (κ1) is 16.9. The largest absolute Gasteiger partial charge is 0.331 e. The number of amides is 1. The molecule has 0 N–H and O–H groups in total. The molecule has 3 nitrogen and oxygen atoms in total. The lowest BCUT2D eigenvalue weighted by atomic mass is 10.1.